The number of nitrogens with zero attached hydrogens (tertiary/aromatic N) is 1. The smallest absolute Gasteiger partial charge is 0.302 e. The lowest BCUT2D eigenvalue weighted by molar-refractivity contribution is -0.117. The highest BCUT2D eigenvalue weighted by Gasteiger charge is 2.35. The van der Waals surface area contributed by atoms with Gasteiger partial charge in [0.2, 0.25) is 5.91 Å². The van der Waals surface area contributed by atoms with Crippen molar-refractivity contribution < 1.29 is 17.1 Å². The minimum atomic E-state index is -4.59. The molecule has 20 heavy (non-hydrogen) atoms. The van der Waals surface area contributed by atoms with Gasteiger partial charge in [0.25, 0.3) is 0 Å². The zero-order valence-corrected chi connectivity index (χ0v) is 13.7. The standard InChI is InChI=1S/C12H12BrClFNO3S/c1-7-2-9(13)12(10(14)3-7)16-5-8(4-11(16)17)6-20(15,18)19/h2-3,8H,4-6H2,1H3. The number of halogens is 3. The van der Waals surface area contributed by atoms with Gasteiger partial charge in [-0.15, -0.1) is 3.89 Å². The molecule has 1 aromatic carbocycles. The summed E-state index contributed by atoms with van der Waals surface area (Å²) in [5, 5.41) is 0.397. The van der Waals surface area contributed by atoms with E-state index >= 15 is 0 Å². The van der Waals surface area contributed by atoms with Crippen LogP contribution in [0, 0.1) is 12.8 Å². The maximum absolute atomic E-state index is 12.7. The molecule has 0 N–H and O–H groups in total. The zero-order valence-electron chi connectivity index (χ0n) is 10.6. The fourth-order valence-electron chi connectivity index (χ4n) is 2.34. The summed E-state index contributed by atoms with van der Waals surface area (Å²) in [6, 6.07) is 3.53. The van der Waals surface area contributed by atoms with Crippen LogP contribution in [0.4, 0.5) is 9.57 Å². The molecule has 1 unspecified atom stereocenters. The molecule has 2 rings (SSSR count). The Morgan fingerprint density at radius 2 is 2.15 bits per heavy atom. The second-order valence-corrected chi connectivity index (χ2v) is 7.53. The Labute approximate surface area is 130 Å². The van der Waals surface area contributed by atoms with E-state index < -0.39 is 21.9 Å². The second kappa shape index (κ2) is 5.61. The van der Waals surface area contributed by atoms with Crippen molar-refractivity contribution in [3.05, 3.63) is 27.2 Å². The van der Waals surface area contributed by atoms with Crippen LogP contribution in [0.25, 0.3) is 0 Å². The molecule has 1 atom stereocenters. The molecule has 0 aliphatic carbocycles. The molecular weight excluding hydrogens is 373 g/mol. The number of anilines is 1. The van der Waals surface area contributed by atoms with Crippen LogP contribution in [0.15, 0.2) is 16.6 Å². The predicted octanol–water partition coefficient (Wildman–Crippen LogP) is 3.06. The number of hydrogen-bond donors (Lipinski definition) is 0. The lowest BCUT2D eigenvalue weighted by Crippen LogP contribution is -2.26. The van der Waals surface area contributed by atoms with E-state index in [-0.39, 0.29) is 18.9 Å². The van der Waals surface area contributed by atoms with Gasteiger partial charge in [0, 0.05) is 23.4 Å². The molecule has 0 radical (unpaired) electrons. The largest absolute Gasteiger partial charge is 0.310 e. The third-order valence-corrected chi connectivity index (χ3v) is 4.83. The van der Waals surface area contributed by atoms with Gasteiger partial charge in [0.15, 0.2) is 0 Å². The molecule has 1 aromatic rings. The quantitative estimate of drug-likeness (QED) is 0.753. The van der Waals surface area contributed by atoms with Gasteiger partial charge in [0.05, 0.1) is 16.5 Å². The van der Waals surface area contributed by atoms with Gasteiger partial charge < -0.3 is 4.90 Å². The van der Waals surface area contributed by atoms with Crippen LogP contribution in [0.1, 0.15) is 12.0 Å². The molecule has 8 heteroatoms. The summed E-state index contributed by atoms with van der Waals surface area (Å²) < 4.78 is 34.7. The fraction of sp³-hybridized carbons (Fsp3) is 0.417. The maximum Gasteiger partial charge on any atom is 0.302 e. The molecule has 1 aliphatic rings. The minimum absolute atomic E-state index is 0.000203. The Hall–Kier alpha value is -0.660. The Bertz CT molecular complexity index is 642. The van der Waals surface area contributed by atoms with Gasteiger partial charge in [-0.3, -0.25) is 4.79 Å². The van der Waals surface area contributed by atoms with E-state index in [2.05, 4.69) is 15.9 Å². The van der Waals surface area contributed by atoms with E-state index in [1.165, 1.54) is 4.90 Å². The summed E-state index contributed by atoms with van der Waals surface area (Å²) >= 11 is 9.49. The summed E-state index contributed by atoms with van der Waals surface area (Å²) in [7, 11) is -4.59. The van der Waals surface area contributed by atoms with Gasteiger partial charge in [-0.05, 0) is 40.5 Å². The van der Waals surface area contributed by atoms with Crippen LogP contribution < -0.4 is 4.90 Å². The molecule has 0 spiro atoms. The average molecular weight is 385 g/mol. The first-order valence-corrected chi connectivity index (χ1v) is 8.58. The molecule has 0 bridgehead atoms. The monoisotopic (exact) mass is 383 g/mol. The highest BCUT2D eigenvalue weighted by atomic mass is 79.9. The maximum atomic E-state index is 12.7. The van der Waals surface area contributed by atoms with Gasteiger partial charge in [-0.25, -0.2) is 0 Å². The summed E-state index contributed by atoms with van der Waals surface area (Å²) in [5.41, 5.74) is 1.43. The fourth-order valence-corrected chi connectivity index (χ4v) is 4.41. The van der Waals surface area contributed by atoms with Gasteiger partial charge in [-0.2, -0.15) is 8.42 Å². The first kappa shape index (κ1) is 15.7. The summed E-state index contributed by atoms with van der Waals surface area (Å²) in [6.45, 7) is 2.01. The molecule has 1 fully saturated rings. The van der Waals surface area contributed by atoms with Crippen molar-refractivity contribution in [2.24, 2.45) is 5.92 Å². The van der Waals surface area contributed by atoms with Crippen LogP contribution >= 0.6 is 27.5 Å². The number of hydrogen-bond acceptors (Lipinski definition) is 3. The Kier molecular flexibility index (Phi) is 4.41. The number of carbonyl (C=O) groups excluding carboxylic acids is 1. The Morgan fingerprint density at radius 1 is 1.50 bits per heavy atom. The molecule has 1 saturated heterocycles. The van der Waals surface area contributed by atoms with Crippen molar-refractivity contribution in [3.63, 3.8) is 0 Å². The van der Waals surface area contributed by atoms with Crippen LogP contribution in [-0.2, 0) is 15.0 Å². The van der Waals surface area contributed by atoms with E-state index in [1.807, 2.05) is 13.0 Å². The number of carbonyl (C=O) groups is 1. The topological polar surface area (TPSA) is 54.5 Å². The number of amides is 1. The van der Waals surface area contributed by atoms with E-state index in [0.717, 1.165) is 5.56 Å². The molecule has 4 nitrogen and oxygen atoms in total. The minimum Gasteiger partial charge on any atom is -0.310 e. The van der Waals surface area contributed by atoms with Gasteiger partial charge in [0.1, 0.15) is 0 Å². The normalized spacial score (nSPS) is 19.7. The Balaban J connectivity index is 2.29. The van der Waals surface area contributed by atoms with Crippen LogP contribution in [0.3, 0.4) is 0 Å². The Morgan fingerprint density at radius 3 is 2.70 bits per heavy atom. The number of aryl methyl sites for hydroxylation is 1. The number of benzene rings is 1. The van der Waals surface area contributed by atoms with E-state index in [1.54, 1.807) is 6.07 Å². The molecule has 1 heterocycles. The van der Waals surface area contributed by atoms with Crippen LogP contribution in [-0.4, -0.2) is 26.6 Å². The van der Waals surface area contributed by atoms with Gasteiger partial charge in [-0.1, -0.05) is 11.6 Å². The molecule has 0 saturated carbocycles. The van der Waals surface area contributed by atoms with E-state index in [0.29, 0.717) is 15.2 Å². The first-order valence-electron chi connectivity index (χ1n) is 5.85. The highest BCUT2D eigenvalue weighted by Crippen LogP contribution is 2.38. The molecule has 1 aliphatic heterocycles. The van der Waals surface area contributed by atoms with E-state index in [4.69, 9.17) is 11.6 Å². The van der Waals surface area contributed by atoms with Crippen molar-refractivity contribution in [1.82, 2.24) is 0 Å². The predicted molar refractivity (Wildman–Crippen MR) is 79.2 cm³/mol. The molecule has 1 amide bonds. The van der Waals surface area contributed by atoms with Crippen molar-refractivity contribution >= 4 is 49.3 Å². The second-order valence-electron chi connectivity index (χ2n) is 4.86. The number of rotatable bonds is 3. The van der Waals surface area contributed by atoms with Crippen molar-refractivity contribution in [3.8, 4) is 0 Å². The summed E-state index contributed by atoms with van der Waals surface area (Å²) in [4.78, 5) is 13.4. The van der Waals surface area contributed by atoms with Crippen molar-refractivity contribution in [2.45, 2.75) is 13.3 Å². The van der Waals surface area contributed by atoms with E-state index in [9.17, 15) is 17.1 Å². The van der Waals surface area contributed by atoms with Crippen molar-refractivity contribution in [1.29, 1.82) is 0 Å². The van der Waals surface area contributed by atoms with Crippen LogP contribution in [0.2, 0.25) is 5.02 Å². The lowest BCUT2D eigenvalue weighted by Gasteiger charge is -2.20. The summed E-state index contributed by atoms with van der Waals surface area (Å²) in [6.07, 6.45) is -0.000203. The first-order chi connectivity index (χ1) is 9.17. The van der Waals surface area contributed by atoms with Crippen LogP contribution in [0.5, 0.6) is 0 Å². The molecule has 0 aromatic heterocycles. The lowest BCUT2D eigenvalue weighted by atomic mass is 10.1. The van der Waals surface area contributed by atoms with Gasteiger partial charge >= 0.3 is 10.2 Å². The third kappa shape index (κ3) is 3.51. The average Bonchev–Trinajstić information content (AvgIpc) is 2.55. The summed E-state index contributed by atoms with van der Waals surface area (Å²) in [5.74, 6) is -1.46. The third-order valence-electron chi connectivity index (χ3n) is 3.07. The molecular formula is C12H12BrClFNO3S. The SMILES string of the molecule is Cc1cc(Cl)c(N2CC(CS(=O)(=O)F)CC2=O)c(Br)c1. The van der Waals surface area contributed by atoms with Crippen molar-refractivity contribution in [2.75, 3.05) is 17.2 Å². The molecule has 110 valence electrons. The zero-order chi connectivity index (χ0) is 15.1. The highest BCUT2D eigenvalue weighted by molar-refractivity contribution is 9.10.